The van der Waals surface area contributed by atoms with E-state index in [1.165, 1.54) is 31.9 Å². The highest BCUT2D eigenvalue weighted by Gasteiger charge is 2.13. The first-order chi connectivity index (χ1) is 11.3. The number of nitrogens with zero attached hydrogens (tertiary/aromatic N) is 4. The second kappa shape index (κ2) is 7.04. The van der Waals surface area contributed by atoms with Gasteiger partial charge in [-0.1, -0.05) is 31.9 Å². The minimum atomic E-state index is 0.318. The molecule has 3 aromatic rings. The fourth-order valence-corrected chi connectivity index (χ4v) is 2.32. The molecule has 0 unspecified atom stereocenters. The van der Waals surface area contributed by atoms with E-state index in [1.54, 1.807) is 0 Å². The molecule has 7 heteroatoms. The van der Waals surface area contributed by atoms with Crippen molar-refractivity contribution >= 4 is 22.8 Å². The predicted octanol–water partition coefficient (Wildman–Crippen LogP) is 3.50. The van der Waals surface area contributed by atoms with Crippen molar-refractivity contribution in [3.05, 3.63) is 29.8 Å². The van der Waals surface area contributed by atoms with Gasteiger partial charge in [-0.05, 0) is 40.9 Å². The molecule has 1 N–H and O–H groups in total. The third-order valence-corrected chi connectivity index (χ3v) is 3.56. The average molecular weight is 313 g/mol. The molecule has 0 spiro atoms. The number of rotatable bonds is 7. The van der Waals surface area contributed by atoms with Crippen LogP contribution in [0.5, 0.6) is 5.88 Å². The number of unbranched alkanes of at least 4 members (excludes halogenated alkanes) is 2. The van der Waals surface area contributed by atoms with E-state index < -0.39 is 0 Å². The minimum absolute atomic E-state index is 0.318. The molecule has 0 aliphatic rings. The fraction of sp³-hybridized carbons (Fsp3) is 0.375. The summed E-state index contributed by atoms with van der Waals surface area (Å²) < 4.78 is 9.86. The number of nitrogens with one attached hydrogen (secondary N) is 1. The van der Waals surface area contributed by atoms with Gasteiger partial charge in [0.15, 0.2) is 5.82 Å². The molecule has 23 heavy (non-hydrogen) atoms. The van der Waals surface area contributed by atoms with Crippen molar-refractivity contribution < 1.29 is 9.37 Å². The van der Waals surface area contributed by atoms with Crippen molar-refractivity contribution in [3.8, 4) is 5.88 Å². The van der Waals surface area contributed by atoms with Crippen LogP contribution in [0.1, 0.15) is 31.7 Å². The Morgan fingerprint density at radius 3 is 2.48 bits per heavy atom. The first-order valence-corrected chi connectivity index (χ1v) is 7.70. The van der Waals surface area contributed by atoms with Crippen LogP contribution in [-0.2, 0) is 6.42 Å². The summed E-state index contributed by atoms with van der Waals surface area (Å²) in [5, 5.41) is 10.5. The van der Waals surface area contributed by atoms with Gasteiger partial charge in [0, 0.05) is 5.69 Å². The molecule has 0 aliphatic carbocycles. The Hall–Kier alpha value is -2.70. The summed E-state index contributed by atoms with van der Waals surface area (Å²) >= 11 is 0. The van der Waals surface area contributed by atoms with E-state index in [-0.39, 0.29) is 0 Å². The molecule has 120 valence electrons. The van der Waals surface area contributed by atoms with Gasteiger partial charge in [-0.25, -0.2) is 4.63 Å². The van der Waals surface area contributed by atoms with E-state index in [0.29, 0.717) is 23.0 Å². The van der Waals surface area contributed by atoms with Crippen LogP contribution in [-0.4, -0.2) is 27.4 Å². The topological polar surface area (TPSA) is 86.0 Å². The number of anilines is 2. The summed E-state index contributed by atoms with van der Waals surface area (Å²) in [7, 11) is 1.53. The van der Waals surface area contributed by atoms with Crippen molar-refractivity contribution in [1.82, 2.24) is 20.3 Å². The molecule has 3 rings (SSSR count). The molecule has 2 heterocycles. The smallest absolute Gasteiger partial charge is 0.259 e. The zero-order valence-corrected chi connectivity index (χ0v) is 13.2. The number of benzene rings is 1. The minimum Gasteiger partial charge on any atom is -0.478 e. The number of hydrogen-bond acceptors (Lipinski definition) is 7. The lowest BCUT2D eigenvalue weighted by Crippen LogP contribution is -2.00. The number of fused-ring (bicyclic) bond motifs is 1. The van der Waals surface area contributed by atoms with Crippen LogP contribution in [0, 0.1) is 0 Å². The molecule has 0 saturated heterocycles. The highest BCUT2D eigenvalue weighted by molar-refractivity contribution is 5.71. The highest BCUT2D eigenvalue weighted by Crippen LogP contribution is 2.25. The number of aromatic nitrogens is 4. The molecular formula is C16H19N5O2. The molecular weight excluding hydrogens is 294 g/mol. The normalized spacial score (nSPS) is 10.9. The van der Waals surface area contributed by atoms with E-state index in [1.807, 2.05) is 12.1 Å². The Kier molecular flexibility index (Phi) is 4.65. The summed E-state index contributed by atoms with van der Waals surface area (Å²) in [6, 6.07) is 8.28. The number of hydrogen-bond donors (Lipinski definition) is 1. The van der Waals surface area contributed by atoms with Gasteiger partial charge in [-0.2, -0.15) is 9.97 Å². The summed E-state index contributed by atoms with van der Waals surface area (Å²) in [6.45, 7) is 2.21. The van der Waals surface area contributed by atoms with Gasteiger partial charge in [0.2, 0.25) is 11.3 Å². The van der Waals surface area contributed by atoms with Crippen molar-refractivity contribution in [1.29, 1.82) is 0 Å². The third-order valence-electron chi connectivity index (χ3n) is 3.56. The van der Waals surface area contributed by atoms with Crippen LogP contribution < -0.4 is 10.1 Å². The lowest BCUT2D eigenvalue weighted by molar-refractivity contribution is 0.313. The highest BCUT2D eigenvalue weighted by atomic mass is 16.6. The van der Waals surface area contributed by atoms with Crippen LogP contribution in [0.4, 0.5) is 11.5 Å². The Bertz CT molecular complexity index is 770. The van der Waals surface area contributed by atoms with Gasteiger partial charge in [0.05, 0.1) is 7.11 Å². The van der Waals surface area contributed by atoms with Crippen molar-refractivity contribution in [2.75, 3.05) is 12.4 Å². The number of aryl methyl sites for hydroxylation is 1. The molecule has 7 nitrogen and oxygen atoms in total. The van der Waals surface area contributed by atoms with Crippen molar-refractivity contribution in [2.24, 2.45) is 0 Å². The van der Waals surface area contributed by atoms with Crippen LogP contribution >= 0.6 is 0 Å². The first kappa shape index (κ1) is 15.2. The molecule has 0 aliphatic heterocycles. The first-order valence-electron chi connectivity index (χ1n) is 7.70. The molecule has 0 bridgehead atoms. The zero-order valence-electron chi connectivity index (χ0n) is 13.2. The number of methoxy groups -OCH3 is 1. The second-order valence-electron chi connectivity index (χ2n) is 5.27. The molecule has 1 aromatic carbocycles. The lowest BCUT2D eigenvalue weighted by atomic mass is 10.1. The summed E-state index contributed by atoms with van der Waals surface area (Å²) in [5.41, 5.74) is 2.90. The zero-order chi connectivity index (χ0) is 16.1. The SMILES string of the molecule is CCCCCc1ccc(Nc2nc3nonc3nc2OC)cc1. The summed E-state index contributed by atoms with van der Waals surface area (Å²) in [4.78, 5) is 8.52. The Morgan fingerprint density at radius 1 is 1.04 bits per heavy atom. The Morgan fingerprint density at radius 2 is 1.78 bits per heavy atom. The van der Waals surface area contributed by atoms with E-state index >= 15 is 0 Å². The Balaban J connectivity index is 1.75. The number of ether oxygens (including phenoxy) is 1. The van der Waals surface area contributed by atoms with Gasteiger partial charge in [0.25, 0.3) is 5.88 Å². The largest absolute Gasteiger partial charge is 0.478 e. The van der Waals surface area contributed by atoms with Gasteiger partial charge in [-0.3, -0.25) is 0 Å². The quantitative estimate of drug-likeness (QED) is 0.668. The average Bonchev–Trinajstić information content (AvgIpc) is 3.03. The molecule has 0 amide bonds. The van der Waals surface area contributed by atoms with Gasteiger partial charge < -0.3 is 10.1 Å². The standard InChI is InChI=1S/C16H19N5O2/c1-3-4-5-6-11-7-9-12(10-8-11)17-15-16(22-2)19-14-13(18-15)20-23-21-14/h7-10H,3-6H2,1-2H3,(H,17,18,20). The third kappa shape index (κ3) is 3.56. The molecule has 2 aromatic heterocycles. The Labute approximate surface area is 134 Å². The van der Waals surface area contributed by atoms with E-state index in [9.17, 15) is 0 Å². The lowest BCUT2D eigenvalue weighted by Gasteiger charge is -2.09. The van der Waals surface area contributed by atoms with E-state index in [2.05, 4.69) is 49.3 Å². The molecule has 0 fully saturated rings. The van der Waals surface area contributed by atoms with Crippen LogP contribution in [0.2, 0.25) is 0 Å². The van der Waals surface area contributed by atoms with Crippen molar-refractivity contribution in [2.45, 2.75) is 32.6 Å². The summed E-state index contributed by atoms with van der Waals surface area (Å²) in [6.07, 6.45) is 4.82. The van der Waals surface area contributed by atoms with E-state index in [0.717, 1.165) is 12.1 Å². The predicted molar refractivity (Wildman–Crippen MR) is 86.9 cm³/mol. The van der Waals surface area contributed by atoms with Crippen molar-refractivity contribution in [3.63, 3.8) is 0 Å². The van der Waals surface area contributed by atoms with Crippen LogP contribution in [0.25, 0.3) is 11.3 Å². The van der Waals surface area contributed by atoms with Gasteiger partial charge >= 0.3 is 0 Å². The van der Waals surface area contributed by atoms with Gasteiger partial charge in [0.1, 0.15) is 0 Å². The monoisotopic (exact) mass is 313 g/mol. The molecule has 0 atom stereocenters. The van der Waals surface area contributed by atoms with Crippen LogP contribution in [0.3, 0.4) is 0 Å². The van der Waals surface area contributed by atoms with E-state index in [4.69, 9.17) is 4.74 Å². The maximum Gasteiger partial charge on any atom is 0.259 e. The molecule has 0 saturated carbocycles. The second-order valence-corrected chi connectivity index (χ2v) is 5.27. The fourth-order valence-electron chi connectivity index (χ4n) is 2.32. The molecule has 0 radical (unpaired) electrons. The van der Waals surface area contributed by atoms with Gasteiger partial charge in [-0.15, -0.1) is 0 Å². The summed E-state index contributed by atoms with van der Waals surface area (Å²) in [5.74, 6) is 0.828. The van der Waals surface area contributed by atoms with Crippen LogP contribution in [0.15, 0.2) is 28.9 Å². The maximum absolute atomic E-state index is 5.24. The maximum atomic E-state index is 5.24.